The second kappa shape index (κ2) is 7.02. The Morgan fingerprint density at radius 1 is 1.04 bits per heavy atom. The van der Waals surface area contributed by atoms with Gasteiger partial charge in [-0.25, -0.2) is 8.42 Å². The maximum atomic E-state index is 12.9. The molecule has 2 aromatic carbocycles. The Kier molecular flexibility index (Phi) is 5.28. The molecule has 2 rings (SSSR count). The number of nitrogens with two attached hydrogens (primary N) is 1. The topological polar surface area (TPSA) is 78.6 Å². The van der Waals surface area contributed by atoms with Crippen LogP contribution in [0.15, 0.2) is 47.4 Å². The van der Waals surface area contributed by atoms with Crippen molar-refractivity contribution in [2.45, 2.75) is 17.1 Å². The van der Waals surface area contributed by atoms with Crippen LogP contribution in [0.5, 0.6) is 11.5 Å². The number of hydrogen-bond acceptors (Lipinski definition) is 5. The smallest absolute Gasteiger partial charge is 0.186 e. The Balaban J connectivity index is 2.52. The number of rotatable bonds is 6. The molecule has 1 atom stereocenters. The van der Waals surface area contributed by atoms with Gasteiger partial charge in [0.15, 0.2) is 9.84 Å². The van der Waals surface area contributed by atoms with Gasteiger partial charge in [0.2, 0.25) is 0 Å². The van der Waals surface area contributed by atoms with Crippen LogP contribution < -0.4 is 15.2 Å². The summed E-state index contributed by atoms with van der Waals surface area (Å²) in [5.41, 5.74) is 7.31. The highest BCUT2D eigenvalue weighted by Gasteiger charge is 2.30. The summed E-state index contributed by atoms with van der Waals surface area (Å²) in [7, 11) is -0.589. The van der Waals surface area contributed by atoms with Crippen LogP contribution in [0.3, 0.4) is 0 Å². The fourth-order valence-corrected chi connectivity index (χ4v) is 4.02. The third-order valence-electron chi connectivity index (χ3n) is 3.73. The van der Waals surface area contributed by atoms with Gasteiger partial charge >= 0.3 is 0 Å². The summed E-state index contributed by atoms with van der Waals surface area (Å²) >= 11 is 0. The maximum absolute atomic E-state index is 12.9. The molecule has 0 aromatic heterocycles. The molecule has 0 saturated carbocycles. The van der Waals surface area contributed by atoms with Crippen LogP contribution in [0.1, 0.15) is 16.4 Å². The van der Waals surface area contributed by atoms with E-state index in [1.807, 2.05) is 6.92 Å². The zero-order valence-corrected chi connectivity index (χ0v) is 14.3. The van der Waals surface area contributed by atoms with Crippen LogP contribution in [0.4, 0.5) is 0 Å². The van der Waals surface area contributed by atoms with Crippen LogP contribution in [0, 0.1) is 6.92 Å². The minimum atomic E-state index is -3.62. The predicted molar refractivity (Wildman–Crippen MR) is 89.7 cm³/mol. The van der Waals surface area contributed by atoms with E-state index in [2.05, 4.69) is 0 Å². The van der Waals surface area contributed by atoms with Gasteiger partial charge in [-0.3, -0.25) is 0 Å². The minimum Gasteiger partial charge on any atom is -0.497 e. The fraction of sp³-hybridized carbons (Fsp3) is 0.294. The number of benzene rings is 2. The summed E-state index contributed by atoms with van der Waals surface area (Å²) in [4.78, 5) is 0.247. The normalized spacial score (nSPS) is 12.7. The second-order valence-electron chi connectivity index (χ2n) is 5.19. The number of ether oxygens (including phenoxy) is 2. The minimum absolute atomic E-state index is 0.0428. The van der Waals surface area contributed by atoms with E-state index in [0.717, 1.165) is 5.56 Å². The van der Waals surface area contributed by atoms with Crippen molar-refractivity contribution in [3.63, 3.8) is 0 Å². The summed E-state index contributed by atoms with van der Waals surface area (Å²) in [5.74, 6) is 1.03. The van der Waals surface area contributed by atoms with Crippen molar-refractivity contribution in [3.8, 4) is 11.5 Å². The molecule has 6 heteroatoms. The Labute approximate surface area is 137 Å². The summed E-state index contributed by atoms with van der Waals surface area (Å²) < 4.78 is 36.3. The third kappa shape index (κ3) is 3.48. The molecule has 5 nitrogen and oxygen atoms in total. The molecule has 0 aliphatic heterocycles. The summed E-state index contributed by atoms with van der Waals surface area (Å²) in [6.07, 6.45) is 0. The molecule has 0 radical (unpaired) electrons. The van der Waals surface area contributed by atoms with Crippen LogP contribution in [0.25, 0.3) is 0 Å². The molecule has 0 spiro atoms. The molecule has 0 heterocycles. The third-order valence-corrected chi connectivity index (χ3v) is 5.85. The Bertz CT molecular complexity index is 770. The molecule has 124 valence electrons. The number of methoxy groups -OCH3 is 2. The van der Waals surface area contributed by atoms with Gasteiger partial charge in [0.05, 0.1) is 19.1 Å². The van der Waals surface area contributed by atoms with Crippen molar-refractivity contribution in [1.82, 2.24) is 0 Å². The van der Waals surface area contributed by atoms with E-state index in [9.17, 15) is 8.42 Å². The van der Waals surface area contributed by atoms with Crippen LogP contribution >= 0.6 is 0 Å². The molecule has 2 aromatic rings. The second-order valence-corrected chi connectivity index (χ2v) is 7.32. The molecule has 0 fully saturated rings. The first-order valence-corrected chi connectivity index (χ1v) is 8.71. The molecule has 0 aliphatic carbocycles. The zero-order chi connectivity index (χ0) is 17.0. The first-order valence-electron chi connectivity index (χ1n) is 7.16. The van der Waals surface area contributed by atoms with Gasteiger partial charge in [-0.2, -0.15) is 0 Å². The molecule has 0 aliphatic rings. The average Bonchev–Trinajstić information content (AvgIpc) is 2.56. The van der Waals surface area contributed by atoms with E-state index in [4.69, 9.17) is 15.2 Å². The van der Waals surface area contributed by atoms with Crippen LogP contribution in [0.2, 0.25) is 0 Å². The maximum Gasteiger partial charge on any atom is 0.186 e. The lowest BCUT2D eigenvalue weighted by Crippen LogP contribution is -2.23. The monoisotopic (exact) mass is 335 g/mol. The number of hydrogen-bond donors (Lipinski definition) is 1. The van der Waals surface area contributed by atoms with Gasteiger partial charge in [-0.05, 0) is 25.1 Å². The number of aryl methyl sites for hydroxylation is 1. The van der Waals surface area contributed by atoms with Gasteiger partial charge in [0, 0.05) is 18.2 Å². The molecular formula is C17H21NO4S. The standard InChI is InChI=1S/C17H21NO4S/c1-12-4-7-14(8-5-12)23(19,20)17(11-18)15-9-6-13(21-2)10-16(15)22-3/h4-10,17H,11,18H2,1-3H3/t17-/m1/s1. The van der Waals surface area contributed by atoms with Gasteiger partial charge in [-0.15, -0.1) is 0 Å². The van der Waals surface area contributed by atoms with E-state index >= 15 is 0 Å². The highest BCUT2D eigenvalue weighted by atomic mass is 32.2. The van der Waals surface area contributed by atoms with Crippen LogP contribution in [-0.2, 0) is 9.84 Å². The fourth-order valence-electron chi connectivity index (χ4n) is 2.40. The van der Waals surface area contributed by atoms with E-state index in [0.29, 0.717) is 17.1 Å². The van der Waals surface area contributed by atoms with Crippen molar-refractivity contribution in [2.24, 2.45) is 5.73 Å². The molecule has 23 heavy (non-hydrogen) atoms. The van der Waals surface area contributed by atoms with Gasteiger partial charge in [-0.1, -0.05) is 23.8 Å². The van der Waals surface area contributed by atoms with E-state index < -0.39 is 15.1 Å². The van der Waals surface area contributed by atoms with Gasteiger partial charge < -0.3 is 15.2 Å². The van der Waals surface area contributed by atoms with Gasteiger partial charge in [0.1, 0.15) is 16.7 Å². The Hall–Kier alpha value is -2.05. The summed E-state index contributed by atoms with van der Waals surface area (Å²) in [6, 6.07) is 11.8. The lowest BCUT2D eigenvalue weighted by atomic mass is 10.1. The van der Waals surface area contributed by atoms with E-state index in [1.165, 1.54) is 14.2 Å². The van der Waals surface area contributed by atoms with Crippen molar-refractivity contribution >= 4 is 9.84 Å². The van der Waals surface area contributed by atoms with E-state index in [-0.39, 0.29) is 11.4 Å². The zero-order valence-electron chi connectivity index (χ0n) is 13.4. The predicted octanol–water partition coefficient (Wildman–Crippen LogP) is 2.49. The Morgan fingerprint density at radius 3 is 2.22 bits per heavy atom. The molecule has 0 saturated heterocycles. The van der Waals surface area contributed by atoms with Crippen molar-refractivity contribution in [2.75, 3.05) is 20.8 Å². The van der Waals surface area contributed by atoms with Crippen molar-refractivity contribution in [3.05, 3.63) is 53.6 Å². The van der Waals surface area contributed by atoms with Crippen molar-refractivity contribution < 1.29 is 17.9 Å². The highest BCUT2D eigenvalue weighted by Crippen LogP contribution is 2.36. The lowest BCUT2D eigenvalue weighted by molar-refractivity contribution is 0.390. The Morgan fingerprint density at radius 2 is 1.70 bits per heavy atom. The number of sulfone groups is 1. The molecule has 0 amide bonds. The summed E-state index contributed by atoms with van der Waals surface area (Å²) in [6.45, 7) is 1.86. The molecular weight excluding hydrogens is 314 g/mol. The molecule has 2 N–H and O–H groups in total. The first kappa shape index (κ1) is 17.3. The molecule has 0 unspecified atom stereocenters. The van der Waals surface area contributed by atoms with Gasteiger partial charge in [0.25, 0.3) is 0 Å². The SMILES string of the molecule is COc1ccc([C@@H](CN)S(=O)(=O)c2ccc(C)cc2)c(OC)c1. The van der Waals surface area contributed by atoms with Crippen LogP contribution in [-0.4, -0.2) is 29.2 Å². The summed E-state index contributed by atoms with van der Waals surface area (Å²) in [5, 5.41) is -0.883. The lowest BCUT2D eigenvalue weighted by Gasteiger charge is -2.19. The van der Waals surface area contributed by atoms with E-state index in [1.54, 1.807) is 42.5 Å². The first-order chi connectivity index (χ1) is 10.9. The van der Waals surface area contributed by atoms with Crippen molar-refractivity contribution in [1.29, 1.82) is 0 Å². The largest absolute Gasteiger partial charge is 0.497 e. The quantitative estimate of drug-likeness (QED) is 0.877. The average molecular weight is 335 g/mol. The molecule has 0 bridgehead atoms. The highest BCUT2D eigenvalue weighted by molar-refractivity contribution is 7.91.